The zero-order valence-electron chi connectivity index (χ0n) is 14.0. The zero-order valence-corrected chi connectivity index (χ0v) is 15.5. The summed E-state index contributed by atoms with van der Waals surface area (Å²) in [5.74, 6) is -1.21. The van der Waals surface area contributed by atoms with Crippen LogP contribution in [0.2, 0.25) is 10.0 Å². The number of carbonyl (C=O) groups excluding carboxylic acids is 1. The third kappa shape index (κ3) is 4.24. The number of alkyl halides is 3. The van der Waals surface area contributed by atoms with E-state index in [0.29, 0.717) is 5.56 Å². The van der Waals surface area contributed by atoms with Crippen molar-refractivity contribution < 1.29 is 23.1 Å². The summed E-state index contributed by atoms with van der Waals surface area (Å²) in [5, 5.41) is 11.7. The Morgan fingerprint density at radius 3 is 2.25 bits per heavy atom. The fourth-order valence-corrected chi connectivity index (χ4v) is 3.03. The minimum atomic E-state index is -4.72. The fraction of sp³-hybridized carbons (Fsp3) is 0.0500. The van der Waals surface area contributed by atoms with Crippen molar-refractivity contribution in [2.75, 3.05) is 5.32 Å². The summed E-state index contributed by atoms with van der Waals surface area (Å²) in [7, 11) is 0. The monoisotopic (exact) mass is 425 g/mol. The first-order valence-electron chi connectivity index (χ1n) is 7.93. The van der Waals surface area contributed by atoms with E-state index >= 15 is 0 Å². The topological polar surface area (TPSA) is 49.3 Å². The Balaban J connectivity index is 2.09. The molecule has 0 saturated heterocycles. The van der Waals surface area contributed by atoms with Gasteiger partial charge >= 0.3 is 6.18 Å². The molecule has 0 aliphatic carbocycles. The van der Waals surface area contributed by atoms with Gasteiger partial charge in [-0.2, -0.15) is 13.2 Å². The molecule has 0 radical (unpaired) electrons. The van der Waals surface area contributed by atoms with Crippen molar-refractivity contribution in [2.45, 2.75) is 6.18 Å². The van der Waals surface area contributed by atoms with Crippen LogP contribution in [0.25, 0.3) is 11.1 Å². The molecule has 0 aliphatic heterocycles. The Morgan fingerprint density at radius 2 is 1.61 bits per heavy atom. The summed E-state index contributed by atoms with van der Waals surface area (Å²) in [5.41, 5.74) is -0.767. The maximum Gasteiger partial charge on any atom is 0.417 e. The molecule has 3 aromatic rings. The SMILES string of the molecule is O=C(Nc1cc(-c2ccccc2)cc(C(F)(F)F)c1Cl)c1cc(Cl)ccc1O. The highest BCUT2D eigenvalue weighted by molar-refractivity contribution is 6.35. The molecule has 28 heavy (non-hydrogen) atoms. The molecule has 0 atom stereocenters. The lowest BCUT2D eigenvalue weighted by Gasteiger charge is -2.16. The molecular weight excluding hydrogens is 414 g/mol. The Labute approximate surface area is 168 Å². The second-order valence-electron chi connectivity index (χ2n) is 5.86. The Bertz CT molecular complexity index is 1040. The standard InChI is InChI=1S/C20H12Cl2F3NO2/c21-13-6-7-17(27)14(10-13)19(28)26-16-9-12(11-4-2-1-3-5-11)8-15(18(16)22)20(23,24)25/h1-10,27H,(H,26,28). The molecule has 8 heteroatoms. The molecule has 0 unspecified atom stereocenters. The minimum absolute atomic E-state index is 0.183. The number of hydrogen-bond donors (Lipinski definition) is 2. The molecule has 3 aromatic carbocycles. The van der Waals surface area contributed by atoms with E-state index in [9.17, 15) is 23.1 Å². The number of halogens is 5. The first kappa shape index (κ1) is 20.0. The molecule has 0 aromatic heterocycles. The summed E-state index contributed by atoms with van der Waals surface area (Å²) in [4.78, 5) is 12.5. The average molecular weight is 426 g/mol. The average Bonchev–Trinajstić information content (AvgIpc) is 2.65. The van der Waals surface area contributed by atoms with Crippen molar-refractivity contribution in [3.63, 3.8) is 0 Å². The Hall–Kier alpha value is -2.70. The van der Waals surface area contributed by atoms with Gasteiger partial charge in [-0.05, 0) is 41.5 Å². The van der Waals surface area contributed by atoms with Gasteiger partial charge in [0.1, 0.15) is 5.75 Å². The molecule has 0 heterocycles. The number of aromatic hydroxyl groups is 1. The fourth-order valence-electron chi connectivity index (χ4n) is 2.60. The lowest BCUT2D eigenvalue weighted by atomic mass is 10.0. The number of amides is 1. The molecule has 0 bridgehead atoms. The first-order chi connectivity index (χ1) is 13.2. The lowest BCUT2D eigenvalue weighted by molar-refractivity contribution is -0.137. The number of rotatable bonds is 3. The molecular formula is C20H12Cl2F3NO2. The van der Waals surface area contributed by atoms with Gasteiger partial charge < -0.3 is 10.4 Å². The van der Waals surface area contributed by atoms with E-state index in [0.717, 1.165) is 6.07 Å². The number of carbonyl (C=O) groups is 1. The molecule has 3 rings (SSSR count). The van der Waals surface area contributed by atoms with E-state index in [1.54, 1.807) is 30.3 Å². The van der Waals surface area contributed by atoms with Gasteiger partial charge in [0.2, 0.25) is 0 Å². The van der Waals surface area contributed by atoms with Crippen LogP contribution in [-0.4, -0.2) is 11.0 Å². The Kier molecular flexibility index (Phi) is 5.54. The number of anilines is 1. The van der Waals surface area contributed by atoms with Crippen molar-refractivity contribution in [3.05, 3.63) is 81.8 Å². The summed E-state index contributed by atoms with van der Waals surface area (Å²) >= 11 is 11.8. The second kappa shape index (κ2) is 7.73. The van der Waals surface area contributed by atoms with E-state index in [4.69, 9.17) is 23.2 Å². The van der Waals surface area contributed by atoms with E-state index < -0.39 is 22.7 Å². The van der Waals surface area contributed by atoms with Gasteiger partial charge in [-0.25, -0.2) is 0 Å². The van der Waals surface area contributed by atoms with E-state index in [1.807, 2.05) is 0 Å². The van der Waals surface area contributed by atoms with Crippen molar-refractivity contribution in [1.29, 1.82) is 0 Å². The van der Waals surface area contributed by atoms with Crippen molar-refractivity contribution in [1.82, 2.24) is 0 Å². The summed E-state index contributed by atoms with van der Waals surface area (Å²) in [6.07, 6.45) is -4.72. The molecule has 0 saturated carbocycles. The van der Waals surface area contributed by atoms with E-state index in [-0.39, 0.29) is 27.6 Å². The van der Waals surface area contributed by atoms with Crippen LogP contribution in [0.3, 0.4) is 0 Å². The number of nitrogens with one attached hydrogen (secondary N) is 1. The molecule has 3 nitrogen and oxygen atoms in total. The van der Waals surface area contributed by atoms with E-state index in [1.165, 1.54) is 24.3 Å². The summed E-state index contributed by atoms with van der Waals surface area (Å²) in [6, 6.07) is 14.4. The highest BCUT2D eigenvalue weighted by atomic mass is 35.5. The first-order valence-corrected chi connectivity index (χ1v) is 8.68. The second-order valence-corrected chi connectivity index (χ2v) is 6.68. The number of phenols is 1. The minimum Gasteiger partial charge on any atom is -0.507 e. The van der Waals surface area contributed by atoms with Gasteiger partial charge in [-0.3, -0.25) is 4.79 Å². The van der Waals surface area contributed by atoms with Gasteiger partial charge in [-0.15, -0.1) is 0 Å². The van der Waals surface area contributed by atoms with Crippen molar-refractivity contribution in [2.24, 2.45) is 0 Å². The highest BCUT2D eigenvalue weighted by Gasteiger charge is 2.35. The van der Waals surface area contributed by atoms with Gasteiger partial charge in [0.25, 0.3) is 5.91 Å². The van der Waals surface area contributed by atoms with Gasteiger partial charge in [0.05, 0.1) is 21.8 Å². The summed E-state index contributed by atoms with van der Waals surface area (Å²) < 4.78 is 40.3. The van der Waals surface area contributed by atoms with Crippen LogP contribution < -0.4 is 5.32 Å². The van der Waals surface area contributed by atoms with Gasteiger partial charge in [0, 0.05) is 5.02 Å². The van der Waals surface area contributed by atoms with Gasteiger partial charge in [-0.1, -0.05) is 53.5 Å². The largest absolute Gasteiger partial charge is 0.507 e. The highest BCUT2D eigenvalue weighted by Crippen LogP contribution is 2.41. The third-order valence-corrected chi connectivity index (χ3v) is 4.58. The Morgan fingerprint density at radius 1 is 0.929 bits per heavy atom. The molecule has 2 N–H and O–H groups in total. The molecule has 0 fully saturated rings. The number of phenolic OH excluding ortho intramolecular Hbond substituents is 1. The summed E-state index contributed by atoms with van der Waals surface area (Å²) in [6.45, 7) is 0. The van der Waals surface area contributed by atoms with Crippen LogP contribution in [0.4, 0.5) is 18.9 Å². The predicted octanol–water partition coefficient (Wildman–Crippen LogP) is 6.64. The molecule has 1 amide bonds. The van der Waals surface area contributed by atoms with Crippen LogP contribution in [0.1, 0.15) is 15.9 Å². The van der Waals surface area contributed by atoms with Crippen LogP contribution in [-0.2, 0) is 6.18 Å². The zero-order chi connectivity index (χ0) is 20.5. The maximum atomic E-state index is 13.4. The van der Waals surface area contributed by atoms with Crippen LogP contribution in [0.15, 0.2) is 60.7 Å². The van der Waals surface area contributed by atoms with Crippen molar-refractivity contribution >= 4 is 34.8 Å². The van der Waals surface area contributed by atoms with E-state index in [2.05, 4.69) is 5.32 Å². The predicted molar refractivity (Wildman–Crippen MR) is 103 cm³/mol. The van der Waals surface area contributed by atoms with Crippen molar-refractivity contribution in [3.8, 4) is 16.9 Å². The number of hydrogen-bond acceptors (Lipinski definition) is 2. The van der Waals surface area contributed by atoms with Crippen LogP contribution in [0, 0.1) is 0 Å². The molecule has 0 spiro atoms. The quantitative estimate of drug-likeness (QED) is 0.494. The normalized spacial score (nSPS) is 11.3. The van der Waals surface area contributed by atoms with Crippen LogP contribution in [0.5, 0.6) is 5.75 Å². The smallest absolute Gasteiger partial charge is 0.417 e. The van der Waals surface area contributed by atoms with Gasteiger partial charge in [0.15, 0.2) is 0 Å². The van der Waals surface area contributed by atoms with Crippen LogP contribution >= 0.6 is 23.2 Å². The molecule has 0 aliphatic rings. The third-order valence-electron chi connectivity index (χ3n) is 3.94. The number of benzene rings is 3. The maximum absolute atomic E-state index is 13.4. The molecule has 144 valence electrons. The lowest BCUT2D eigenvalue weighted by Crippen LogP contribution is -2.15.